The van der Waals surface area contributed by atoms with E-state index < -0.39 is 0 Å². The average Bonchev–Trinajstić information content (AvgIpc) is 2.84. The van der Waals surface area contributed by atoms with Crippen LogP contribution in [0.1, 0.15) is 34.7 Å². The number of rotatable bonds is 9. The van der Waals surface area contributed by atoms with Gasteiger partial charge in [-0.1, -0.05) is 66.7 Å². The smallest absolute Gasteiger partial charge is 0.119 e. The molecule has 3 aromatic rings. The van der Waals surface area contributed by atoms with Gasteiger partial charge in [0.1, 0.15) is 5.75 Å². The van der Waals surface area contributed by atoms with Crippen molar-refractivity contribution in [3.63, 3.8) is 0 Å². The zero-order valence-electron chi connectivity index (χ0n) is 19.9. The van der Waals surface area contributed by atoms with Crippen LogP contribution in [0.5, 0.6) is 5.75 Å². The molecule has 4 heteroatoms. The number of hydrogen-bond acceptors (Lipinski definition) is 4. The molecule has 0 unspecified atom stereocenters. The molecule has 0 aliphatic carbocycles. The van der Waals surface area contributed by atoms with Gasteiger partial charge in [-0.2, -0.15) is 0 Å². The summed E-state index contributed by atoms with van der Waals surface area (Å²) in [6.07, 6.45) is 0.270. The number of piperazine rings is 1. The van der Waals surface area contributed by atoms with E-state index in [-0.39, 0.29) is 12.1 Å². The molecule has 1 heterocycles. The Bertz CT molecular complexity index is 946. The monoisotopic (exact) mass is 444 g/mol. The van der Waals surface area contributed by atoms with Crippen molar-refractivity contribution >= 4 is 0 Å². The summed E-state index contributed by atoms with van der Waals surface area (Å²) in [6, 6.07) is 28.0. The van der Waals surface area contributed by atoms with Crippen molar-refractivity contribution < 1.29 is 9.84 Å². The van der Waals surface area contributed by atoms with Crippen molar-refractivity contribution in [1.29, 1.82) is 0 Å². The molecule has 1 atom stereocenters. The molecule has 0 saturated carbocycles. The van der Waals surface area contributed by atoms with Crippen LogP contribution in [-0.2, 0) is 0 Å². The van der Waals surface area contributed by atoms with Gasteiger partial charge in [-0.05, 0) is 48.2 Å². The number of β-amino-alcohol motifs (C(OH)–C–C–N with tert-alkyl or cyclic N) is 1. The molecule has 4 nitrogen and oxygen atoms in total. The van der Waals surface area contributed by atoms with Crippen molar-refractivity contribution in [2.75, 3.05) is 39.3 Å². The van der Waals surface area contributed by atoms with Crippen LogP contribution >= 0.6 is 0 Å². The first-order chi connectivity index (χ1) is 16.1. The fraction of sp³-hybridized carbons (Fsp3) is 0.379. The van der Waals surface area contributed by atoms with Gasteiger partial charge in [0.15, 0.2) is 0 Å². The third-order valence-corrected chi connectivity index (χ3v) is 6.67. The second-order valence-corrected chi connectivity index (χ2v) is 9.10. The van der Waals surface area contributed by atoms with Gasteiger partial charge in [0.05, 0.1) is 18.8 Å². The van der Waals surface area contributed by atoms with Crippen LogP contribution in [0, 0.1) is 13.8 Å². The van der Waals surface area contributed by atoms with Crippen LogP contribution in [0.25, 0.3) is 0 Å². The highest BCUT2D eigenvalue weighted by Gasteiger charge is 2.27. The zero-order valence-corrected chi connectivity index (χ0v) is 19.9. The molecule has 0 amide bonds. The summed E-state index contributed by atoms with van der Waals surface area (Å²) in [6.45, 7) is 9.33. The lowest BCUT2D eigenvalue weighted by Crippen LogP contribution is -2.49. The zero-order chi connectivity index (χ0) is 23.0. The lowest BCUT2D eigenvalue weighted by Gasteiger charge is -2.40. The predicted octanol–water partition coefficient (Wildman–Crippen LogP) is 4.84. The number of nitrogens with zero attached hydrogens (tertiary/aromatic N) is 2. The van der Waals surface area contributed by atoms with E-state index in [4.69, 9.17) is 4.74 Å². The summed E-state index contributed by atoms with van der Waals surface area (Å²) in [7, 11) is 0. The fourth-order valence-electron chi connectivity index (χ4n) is 4.59. The highest BCUT2D eigenvalue weighted by molar-refractivity contribution is 5.34. The lowest BCUT2D eigenvalue weighted by molar-refractivity contribution is 0.0531. The van der Waals surface area contributed by atoms with Crippen molar-refractivity contribution in [2.45, 2.75) is 32.4 Å². The molecule has 0 spiro atoms. The maximum atomic E-state index is 10.6. The fourth-order valence-corrected chi connectivity index (χ4v) is 4.59. The molecule has 1 aliphatic heterocycles. The minimum absolute atomic E-state index is 0.269. The van der Waals surface area contributed by atoms with Gasteiger partial charge in [0.2, 0.25) is 0 Å². The Hall–Kier alpha value is -2.66. The standard InChI is InChI=1S/C29H36N2O2/c1-23-13-14-28(21-24(23)2)33-20-15-27(32)22-30-16-18-31(19-17-30)29(25-9-5-3-6-10-25)26-11-7-4-8-12-26/h3-14,21,27,29,32H,15-20,22H2,1-2H3/t27-/m0/s1. The van der Waals surface area contributed by atoms with Gasteiger partial charge in [0.25, 0.3) is 0 Å². The summed E-state index contributed by atoms with van der Waals surface area (Å²) < 4.78 is 5.86. The van der Waals surface area contributed by atoms with Crippen molar-refractivity contribution in [1.82, 2.24) is 9.80 Å². The van der Waals surface area contributed by atoms with Gasteiger partial charge in [-0.3, -0.25) is 9.80 Å². The molecule has 4 rings (SSSR count). The van der Waals surface area contributed by atoms with Gasteiger partial charge < -0.3 is 9.84 Å². The van der Waals surface area contributed by atoms with Crippen LogP contribution in [0.15, 0.2) is 78.9 Å². The van der Waals surface area contributed by atoms with Gasteiger partial charge in [-0.15, -0.1) is 0 Å². The maximum absolute atomic E-state index is 10.6. The predicted molar refractivity (Wildman–Crippen MR) is 135 cm³/mol. The van der Waals surface area contributed by atoms with E-state index in [9.17, 15) is 5.11 Å². The van der Waals surface area contributed by atoms with E-state index in [2.05, 4.69) is 96.4 Å². The Labute approximate surface area is 198 Å². The highest BCUT2D eigenvalue weighted by Crippen LogP contribution is 2.29. The van der Waals surface area contributed by atoms with Gasteiger partial charge in [-0.25, -0.2) is 0 Å². The number of benzene rings is 3. The average molecular weight is 445 g/mol. The Morgan fingerprint density at radius 2 is 1.39 bits per heavy atom. The Morgan fingerprint density at radius 1 is 0.788 bits per heavy atom. The second-order valence-electron chi connectivity index (χ2n) is 9.10. The van der Waals surface area contributed by atoms with Crippen LogP contribution in [-0.4, -0.2) is 60.3 Å². The molecule has 1 aliphatic rings. The maximum Gasteiger partial charge on any atom is 0.119 e. The Morgan fingerprint density at radius 3 is 1.97 bits per heavy atom. The molecule has 1 saturated heterocycles. The molecule has 0 bridgehead atoms. The van der Waals surface area contributed by atoms with Crippen LogP contribution in [0.3, 0.4) is 0 Å². The minimum Gasteiger partial charge on any atom is -0.493 e. The molecule has 33 heavy (non-hydrogen) atoms. The van der Waals surface area contributed by atoms with Crippen LogP contribution in [0.2, 0.25) is 0 Å². The SMILES string of the molecule is Cc1ccc(OCC[C@H](O)CN2CCN(C(c3ccccc3)c3ccccc3)CC2)cc1C. The van der Waals surface area contributed by atoms with E-state index in [0.29, 0.717) is 19.6 Å². The first kappa shape index (κ1) is 23.5. The van der Waals surface area contributed by atoms with Crippen molar-refractivity contribution in [3.05, 3.63) is 101 Å². The summed E-state index contributed by atoms with van der Waals surface area (Å²) in [4.78, 5) is 4.95. The molecule has 1 fully saturated rings. The molecule has 174 valence electrons. The van der Waals surface area contributed by atoms with E-state index in [0.717, 1.165) is 31.9 Å². The molecule has 0 radical (unpaired) electrons. The molecule has 1 N–H and O–H groups in total. The number of aliphatic hydroxyl groups is 1. The molecular weight excluding hydrogens is 408 g/mol. The largest absolute Gasteiger partial charge is 0.493 e. The Kier molecular flexibility index (Phi) is 8.16. The van der Waals surface area contributed by atoms with Gasteiger partial charge in [0, 0.05) is 39.1 Å². The van der Waals surface area contributed by atoms with Crippen LogP contribution in [0.4, 0.5) is 0 Å². The molecule has 3 aromatic carbocycles. The number of aliphatic hydroxyl groups excluding tert-OH is 1. The normalized spacial score (nSPS) is 16.1. The lowest BCUT2D eigenvalue weighted by atomic mass is 9.96. The quantitative estimate of drug-likeness (QED) is 0.512. The second kappa shape index (κ2) is 11.5. The summed E-state index contributed by atoms with van der Waals surface area (Å²) in [5.41, 5.74) is 5.17. The Balaban J connectivity index is 1.27. The number of hydrogen-bond donors (Lipinski definition) is 1. The first-order valence-corrected chi connectivity index (χ1v) is 12.0. The third kappa shape index (κ3) is 6.44. The summed E-state index contributed by atoms with van der Waals surface area (Å²) >= 11 is 0. The van der Waals surface area contributed by atoms with Crippen LogP contribution < -0.4 is 4.74 Å². The minimum atomic E-state index is -0.373. The number of ether oxygens (including phenoxy) is 1. The number of aryl methyl sites for hydroxylation is 2. The molecular formula is C29H36N2O2. The van der Waals surface area contributed by atoms with E-state index >= 15 is 0 Å². The van der Waals surface area contributed by atoms with E-state index in [1.54, 1.807) is 0 Å². The summed E-state index contributed by atoms with van der Waals surface area (Å²) in [5, 5.41) is 10.6. The van der Waals surface area contributed by atoms with Crippen molar-refractivity contribution in [3.8, 4) is 5.75 Å². The van der Waals surface area contributed by atoms with E-state index in [1.165, 1.54) is 22.3 Å². The van der Waals surface area contributed by atoms with E-state index in [1.807, 2.05) is 6.07 Å². The van der Waals surface area contributed by atoms with Gasteiger partial charge >= 0.3 is 0 Å². The first-order valence-electron chi connectivity index (χ1n) is 12.0. The topological polar surface area (TPSA) is 35.9 Å². The molecule has 0 aromatic heterocycles. The highest BCUT2D eigenvalue weighted by atomic mass is 16.5. The van der Waals surface area contributed by atoms with Crippen molar-refractivity contribution in [2.24, 2.45) is 0 Å². The third-order valence-electron chi connectivity index (χ3n) is 6.67. The summed E-state index contributed by atoms with van der Waals surface area (Å²) in [5.74, 6) is 0.881.